The third-order valence-electron chi connectivity index (χ3n) is 6.07. The number of hydrogen-bond acceptors (Lipinski definition) is 4. The van der Waals surface area contributed by atoms with Crippen molar-refractivity contribution in [2.24, 2.45) is 11.0 Å². The van der Waals surface area contributed by atoms with E-state index in [1.165, 1.54) is 16.9 Å². The molecule has 1 fully saturated rings. The Labute approximate surface area is 208 Å². The van der Waals surface area contributed by atoms with Crippen molar-refractivity contribution < 1.29 is 4.79 Å². The molecule has 2 atom stereocenters. The summed E-state index contributed by atoms with van der Waals surface area (Å²) in [5.74, 6) is 0.117. The Morgan fingerprint density at radius 2 is 1.78 bits per heavy atom. The Kier molecular flexibility index (Phi) is 6.14. The molecule has 2 unspecified atom stereocenters. The number of carbonyl (C=O) groups is 1. The molecule has 2 heterocycles. The van der Waals surface area contributed by atoms with E-state index in [0.29, 0.717) is 4.88 Å². The topological polar surface area (TPSA) is 45.6 Å². The minimum atomic E-state index is -0.110. The van der Waals surface area contributed by atoms with Crippen LogP contribution in [0.4, 0.5) is 0 Å². The van der Waals surface area contributed by atoms with Gasteiger partial charge in [-0.15, -0.1) is 11.3 Å². The standard InChI is InChI=1S/C25H21Br2N3OS/c1-15-24(32-14-28-15)25(31)30-23(17-7-11-20(27)12-8-17)21-4-2-3-18(22(21)29-30)13-16-5-9-19(26)10-6-16/h5-14,21,23H,2-4H2,1H3/b18-13-. The fraction of sp³-hybridized carbons (Fsp3) is 0.240. The van der Waals surface area contributed by atoms with Gasteiger partial charge in [0.25, 0.3) is 5.91 Å². The van der Waals surface area contributed by atoms with Crippen LogP contribution in [0.3, 0.4) is 0 Å². The third kappa shape index (κ3) is 4.14. The van der Waals surface area contributed by atoms with Gasteiger partial charge in [-0.3, -0.25) is 4.79 Å². The molecule has 0 radical (unpaired) electrons. The minimum Gasteiger partial charge on any atom is -0.266 e. The zero-order chi connectivity index (χ0) is 22.2. The van der Waals surface area contributed by atoms with E-state index in [9.17, 15) is 4.79 Å². The molecule has 0 spiro atoms. The van der Waals surface area contributed by atoms with E-state index in [4.69, 9.17) is 5.10 Å². The fourth-order valence-corrected chi connectivity index (χ4v) is 5.80. The van der Waals surface area contributed by atoms with Crippen LogP contribution in [0.15, 0.2) is 73.7 Å². The van der Waals surface area contributed by atoms with E-state index >= 15 is 0 Å². The van der Waals surface area contributed by atoms with Gasteiger partial charge in [0.15, 0.2) is 0 Å². The molecule has 0 saturated heterocycles. The van der Waals surface area contributed by atoms with Gasteiger partial charge < -0.3 is 0 Å². The molecule has 32 heavy (non-hydrogen) atoms. The second kappa shape index (κ2) is 9.04. The Morgan fingerprint density at radius 3 is 2.44 bits per heavy atom. The summed E-state index contributed by atoms with van der Waals surface area (Å²) in [5.41, 5.74) is 7.01. The molecule has 0 bridgehead atoms. The van der Waals surface area contributed by atoms with Crippen molar-refractivity contribution in [2.75, 3.05) is 0 Å². The van der Waals surface area contributed by atoms with Crippen molar-refractivity contribution in [3.8, 4) is 0 Å². The van der Waals surface area contributed by atoms with Gasteiger partial charge in [-0.2, -0.15) is 5.10 Å². The highest BCUT2D eigenvalue weighted by Crippen LogP contribution is 2.45. The summed E-state index contributed by atoms with van der Waals surface area (Å²) in [6.07, 6.45) is 5.30. The second-order valence-electron chi connectivity index (χ2n) is 8.12. The summed E-state index contributed by atoms with van der Waals surface area (Å²) < 4.78 is 2.09. The zero-order valence-corrected chi connectivity index (χ0v) is 21.5. The van der Waals surface area contributed by atoms with E-state index in [2.05, 4.69) is 79.3 Å². The molecule has 2 aromatic carbocycles. The van der Waals surface area contributed by atoms with Crippen molar-refractivity contribution >= 4 is 60.9 Å². The number of aromatic nitrogens is 1. The number of amides is 1. The summed E-state index contributed by atoms with van der Waals surface area (Å²) in [7, 11) is 0. The lowest BCUT2D eigenvalue weighted by Crippen LogP contribution is -2.31. The van der Waals surface area contributed by atoms with Crippen LogP contribution in [0, 0.1) is 12.8 Å². The fourth-order valence-electron chi connectivity index (χ4n) is 4.53. The molecule has 162 valence electrons. The summed E-state index contributed by atoms with van der Waals surface area (Å²) >= 11 is 8.42. The smallest absolute Gasteiger partial charge is 0.266 e. The van der Waals surface area contributed by atoms with Crippen LogP contribution >= 0.6 is 43.2 Å². The summed E-state index contributed by atoms with van der Waals surface area (Å²) in [5, 5.41) is 6.69. The molecule has 1 saturated carbocycles. The van der Waals surface area contributed by atoms with Crippen molar-refractivity contribution in [1.29, 1.82) is 0 Å². The molecule has 4 nitrogen and oxygen atoms in total. The molecular weight excluding hydrogens is 550 g/mol. The average molecular weight is 571 g/mol. The van der Waals surface area contributed by atoms with E-state index < -0.39 is 0 Å². The third-order valence-corrected chi connectivity index (χ3v) is 8.05. The predicted octanol–water partition coefficient (Wildman–Crippen LogP) is 7.41. The molecule has 3 aromatic rings. The normalized spacial score (nSPS) is 21.5. The first-order chi connectivity index (χ1) is 15.5. The maximum Gasteiger partial charge on any atom is 0.286 e. The Hall–Kier alpha value is -2.09. The van der Waals surface area contributed by atoms with E-state index in [0.717, 1.165) is 50.7 Å². The second-order valence-corrected chi connectivity index (χ2v) is 10.8. The van der Waals surface area contributed by atoms with Gasteiger partial charge in [0.1, 0.15) is 4.88 Å². The molecule has 7 heteroatoms. The van der Waals surface area contributed by atoms with Crippen LogP contribution in [0.25, 0.3) is 6.08 Å². The summed E-state index contributed by atoms with van der Waals surface area (Å²) in [4.78, 5) is 18.5. The van der Waals surface area contributed by atoms with Crippen LogP contribution in [-0.4, -0.2) is 21.6 Å². The monoisotopic (exact) mass is 569 g/mol. The molecule has 1 aromatic heterocycles. The first-order valence-corrected chi connectivity index (χ1v) is 13.0. The molecule has 0 N–H and O–H groups in total. The molecule has 5 rings (SSSR count). The number of benzene rings is 2. The summed E-state index contributed by atoms with van der Waals surface area (Å²) in [6.45, 7) is 1.88. The highest BCUT2D eigenvalue weighted by atomic mass is 79.9. The quantitative estimate of drug-likeness (QED) is 0.329. The van der Waals surface area contributed by atoms with E-state index in [-0.39, 0.29) is 17.9 Å². The number of aryl methyl sites for hydroxylation is 1. The number of hydrazone groups is 1. The molecule has 1 aliphatic heterocycles. The van der Waals surface area contributed by atoms with Gasteiger partial charge in [-0.1, -0.05) is 56.1 Å². The van der Waals surface area contributed by atoms with Gasteiger partial charge in [0.05, 0.1) is 23.0 Å². The number of hydrogen-bond donors (Lipinski definition) is 0. The highest BCUT2D eigenvalue weighted by molar-refractivity contribution is 9.10. The lowest BCUT2D eigenvalue weighted by Gasteiger charge is -2.29. The van der Waals surface area contributed by atoms with Gasteiger partial charge in [-0.05, 0) is 73.2 Å². The van der Waals surface area contributed by atoms with Crippen molar-refractivity contribution in [3.05, 3.63) is 90.3 Å². The van der Waals surface area contributed by atoms with Gasteiger partial charge in [0, 0.05) is 14.9 Å². The van der Waals surface area contributed by atoms with Crippen molar-refractivity contribution in [1.82, 2.24) is 9.99 Å². The van der Waals surface area contributed by atoms with Crippen LogP contribution in [0.5, 0.6) is 0 Å². The lowest BCUT2D eigenvalue weighted by molar-refractivity contribution is 0.0685. The summed E-state index contributed by atoms with van der Waals surface area (Å²) in [6, 6.07) is 16.5. The minimum absolute atomic E-state index is 0.0668. The van der Waals surface area contributed by atoms with Crippen LogP contribution < -0.4 is 0 Å². The molecule has 1 amide bonds. The highest BCUT2D eigenvalue weighted by Gasteiger charge is 2.44. The number of nitrogens with zero attached hydrogens (tertiary/aromatic N) is 3. The number of thiazole rings is 1. The maximum absolute atomic E-state index is 13.6. The number of halogens is 2. The lowest BCUT2D eigenvalue weighted by atomic mass is 9.77. The average Bonchev–Trinajstić information content (AvgIpc) is 3.40. The number of rotatable bonds is 3. The Morgan fingerprint density at radius 1 is 1.09 bits per heavy atom. The van der Waals surface area contributed by atoms with Gasteiger partial charge in [-0.25, -0.2) is 9.99 Å². The van der Waals surface area contributed by atoms with E-state index in [1.807, 2.05) is 19.1 Å². The van der Waals surface area contributed by atoms with E-state index in [1.54, 1.807) is 10.5 Å². The first-order valence-electron chi connectivity index (χ1n) is 10.6. The van der Waals surface area contributed by atoms with Crippen LogP contribution in [0.2, 0.25) is 0 Å². The van der Waals surface area contributed by atoms with Crippen LogP contribution in [0.1, 0.15) is 51.8 Å². The maximum atomic E-state index is 13.6. The first kappa shape index (κ1) is 21.7. The van der Waals surface area contributed by atoms with Crippen molar-refractivity contribution in [3.63, 3.8) is 0 Å². The van der Waals surface area contributed by atoms with Gasteiger partial charge >= 0.3 is 0 Å². The van der Waals surface area contributed by atoms with Crippen LogP contribution in [-0.2, 0) is 0 Å². The SMILES string of the molecule is Cc1ncsc1C(=O)N1N=C2/C(=C\c3ccc(Br)cc3)CCCC2C1c1ccc(Br)cc1. The van der Waals surface area contributed by atoms with Crippen molar-refractivity contribution in [2.45, 2.75) is 32.2 Å². The zero-order valence-electron chi connectivity index (χ0n) is 17.5. The molecular formula is C25H21Br2N3OS. The number of carbonyl (C=O) groups excluding carboxylic acids is 1. The molecule has 2 aliphatic rings. The Balaban J connectivity index is 1.58. The number of fused-ring (bicyclic) bond motifs is 1. The predicted molar refractivity (Wildman–Crippen MR) is 137 cm³/mol. The molecule has 1 aliphatic carbocycles. The largest absolute Gasteiger partial charge is 0.286 e. The number of allylic oxidation sites excluding steroid dienone is 1. The van der Waals surface area contributed by atoms with Gasteiger partial charge in [0.2, 0.25) is 0 Å². The Bertz CT molecular complexity index is 1210.